The van der Waals surface area contributed by atoms with Gasteiger partial charge in [-0.25, -0.2) is 8.78 Å². The monoisotopic (exact) mass is 178 g/mol. The summed E-state index contributed by atoms with van der Waals surface area (Å²) in [6.45, 7) is 3.54. The van der Waals surface area contributed by atoms with Gasteiger partial charge in [0.2, 0.25) is 0 Å². The smallest absolute Gasteiger partial charge is 0.253 e. The molecule has 0 fully saturated rings. The van der Waals surface area contributed by atoms with Gasteiger partial charge in [-0.2, -0.15) is 0 Å². The topological polar surface area (TPSA) is 52.0 Å². The van der Waals surface area contributed by atoms with Gasteiger partial charge in [0, 0.05) is 6.04 Å². The van der Waals surface area contributed by atoms with E-state index in [1.807, 2.05) is 0 Å². The second kappa shape index (κ2) is 5.22. The second-order valence-electron chi connectivity index (χ2n) is 3.07. The standard InChI is InChI=1S/C8H16F2N2/c1-5(3-6(2)11)4-7(12)8(9)10/h3,6-8H,4,11-12H2,1-2H3/b5-3+. The van der Waals surface area contributed by atoms with Gasteiger partial charge in [0.1, 0.15) is 0 Å². The average Bonchev–Trinajstić information content (AvgIpc) is 1.84. The SMILES string of the molecule is C/C(=C\C(C)N)CC(N)C(F)F. The van der Waals surface area contributed by atoms with E-state index in [2.05, 4.69) is 0 Å². The van der Waals surface area contributed by atoms with Crippen LogP contribution in [0, 0.1) is 0 Å². The van der Waals surface area contributed by atoms with Crippen molar-refractivity contribution in [2.24, 2.45) is 11.5 Å². The zero-order chi connectivity index (χ0) is 9.72. The lowest BCUT2D eigenvalue weighted by Crippen LogP contribution is -2.29. The molecular formula is C8H16F2N2. The summed E-state index contributed by atoms with van der Waals surface area (Å²) < 4.78 is 23.9. The Kier molecular flexibility index (Phi) is 5.01. The maximum Gasteiger partial charge on any atom is 0.253 e. The molecule has 2 atom stereocenters. The fourth-order valence-corrected chi connectivity index (χ4v) is 0.978. The van der Waals surface area contributed by atoms with E-state index in [0.29, 0.717) is 0 Å². The number of hydrogen-bond donors (Lipinski definition) is 2. The predicted molar refractivity (Wildman–Crippen MR) is 46.0 cm³/mol. The highest BCUT2D eigenvalue weighted by atomic mass is 19.3. The van der Waals surface area contributed by atoms with Gasteiger partial charge in [0.25, 0.3) is 6.43 Å². The van der Waals surface area contributed by atoms with Gasteiger partial charge in [-0.15, -0.1) is 0 Å². The lowest BCUT2D eigenvalue weighted by Gasteiger charge is -2.10. The van der Waals surface area contributed by atoms with E-state index in [9.17, 15) is 8.78 Å². The molecule has 0 spiro atoms. The van der Waals surface area contributed by atoms with Crippen molar-refractivity contribution in [3.8, 4) is 0 Å². The third kappa shape index (κ3) is 5.21. The Balaban J connectivity index is 3.91. The van der Waals surface area contributed by atoms with Crippen LogP contribution in [0.25, 0.3) is 0 Å². The molecule has 0 bridgehead atoms. The zero-order valence-corrected chi connectivity index (χ0v) is 7.43. The normalized spacial score (nSPS) is 18.1. The van der Waals surface area contributed by atoms with E-state index in [0.717, 1.165) is 5.57 Å². The van der Waals surface area contributed by atoms with Crippen LogP contribution in [0.2, 0.25) is 0 Å². The van der Waals surface area contributed by atoms with Crippen LogP contribution in [0.3, 0.4) is 0 Å². The van der Waals surface area contributed by atoms with Gasteiger partial charge in [-0.1, -0.05) is 11.6 Å². The third-order valence-corrected chi connectivity index (χ3v) is 1.43. The van der Waals surface area contributed by atoms with E-state index in [1.54, 1.807) is 19.9 Å². The Hall–Kier alpha value is -0.480. The largest absolute Gasteiger partial charge is 0.325 e. The Morgan fingerprint density at radius 1 is 1.42 bits per heavy atom. The molecule has 0 aliphatic rings. The average molecular weight is 178 g/mol. The van der Waals surface area contributed by atoms with Crippen LogP contribution in [0.15, 0.2) is 11.6 Å². The molecule has 0 aliphatic carbocycles. The molecule has 4 N–H and O–H groups in total. The van der Waals surface area contributed by atoms with Gasteiger partial charge in [0.15, 0.2) is 0 Å². The fourth-order valence-electron chi connectivity index (χ4n) is 0.978. The molecule has 0 amide bonds. The Morgan fingerprint density at radius 2 is 1.92 bits per heavy atom. The summed E-state index contributed by atoms with van der Waals surface area (Å²) >= 11 is 0. The Morgan fingerprint density at radius 3 is 2.25 bits per heavy atom. The van der Waals surface area contributed by atoms with Crippen molar-refractivity contribution in [1.82, 2.24) is 0 Å². The van der Waals surface area contributed by atoms with Crippen molar-refractivity contribution in [2.45, 2.75) is 38.8 Å². The van der Waals surface area contributed by atoms with Crippen LogP contribution in [0.5, 0.6) is 0 Å². The highest BCUT2D eigenvalue weighted by Crippen LogP contribution is 2.09. The zero-order valence-electron chi connectivity index (χ0n) is 7.43. The van der Waals surface area contributed by atoms with Gasteiger partial charge in [0.05, 0.1) is 6.04 Å². The first-order valence-electron chi connectivity index (χ1n) is 3.90. The number of rotatable bonds is 4. The molecule has 0 radical (unpaired) electrons. The second-order valence-corrected chi connectivity index (χ2v) is 3.07. The van der Waals surface area contributed by atoms with Crippen molar-refractivity contribution in [3.05, 3.63) is 11.6 Å². The first kappa shape index (κ1) is 11.5. The lowest BCUT2D eigenvalue weighted by atomic mass is 10.1. The van der Waals surface area contributed by atoms with Crippen LogP contribution >= 0.6 is 0 Å². The third-order valence-electron chi connectivity index (χ3n) is 1.43. The maximum absolute atomic E-state index is 11.9. The summed E-state index contributed by atoms with van der Waals surface area (Å²) in [4.78, 5) is 0. The molecule has 0 aliphatic heterocycles. The molecule has 0 aromatic rings. The van der Waals surface area contributed by atoms with Crippen LogP contribution in [0.4, 0.5) is 8.78 Å². The van der Waals surface area contributed by atoms with Crippen molar-refractivity contribution in [3.63, 3.8) is 0 Å². The van der Waals surface area contributed by atoms with E-state index >= 15 is 0 Å². The molecule has 0 aromatic heterocycles. The van der Waals surface area contributed by atoms with Crippen molar-refractivity contribution in [2.75, 3.05) is 0 Å². The number of nitrogens with two attached hydrogens (primary N) is 2. The molecule has 72 valence electrons. The summed E-state index contributed by atoms with van der Waals surface area (Å²) in [5.74, 6) is 0. The van der Waals surface area contributed by atoms with Gasteiger partial charge >= 0.3 is 0 Å². The molecule has 12 heavy (non-hydrogen) atoms. The Bertz CT molecular complexity index is 155. The molecular weight excluding hydrogens is 162 g/mol. The summed E-state index contributed by atoms with van der Waals surface area (Å²) in [6.07, 6.45) is -0.511. The lowest BCUT2D eigenvalue weighted by molar-refractivity contribution is 0.116. The molecule has 2 nitrogen and oxygen atoms in total. The predicted octanol–water partition coefficient (Wildman–Crippen LogP) is 1.26. The van der Waals surface area contributed by atoms with E-state index < -0.39 is 12.5 Å². The van der Waals surface area contributed by atoms with E-state index in [-0.39, 0.29) is 12.5 Å². The summed E-state index contributed by atoms with van der Waals surface area (Å²) in [7, 11) is 0. The van der Waals surface area contributed by atoms with E-state index in [1.165, 1.54) is 0 Å². The van der Waals surface area contributed by atoms with Crippen molar-refractivity contribution >= 4 is 0 Å². The summed E-state index contributed by atoms with van der Waals surface area (Å²) in [5, 5.41) is 0. The number of halogens is 2. The first-order chi connectivity index (χ1) is 5.43. The number of hydrogen-bond acceptors (Lipinski definition) is 2. The number of alkyl halides is 2. The molecule has 0 aromatic carbocycles. The molecule has 0 heterocycles. The van der Waals surface area contributed by atoms with Crippen molar-refractivity contribution in [1.29, 1.82) is 0 Å². The Labute approximate surface area is 71.6 Å². The minimum Gasteiger partial charge on any atom is -0.325 e. The van der Waals surface area contributed by atoms with Crippen molar-refractivity contribution < 1.29 is 8.78 Å². The van der Waals surface area contributed by atoms with E-state index in [4.69, 9.17) is 11.5 Å². The first-order valence-corrected chi connectivity index (χ1v) is 3.90. The summed E-state index contributed by atoms with van der Waals surface area (Å²) in [6, 6.07) is -1.17. The highest BCUT2D eigenvalue weighted by Gasteiger charge is 2.14. The van der Waals surface area contributed by atoms with Crippen LogP contribution in [-0.2, 0) is 0 Å². The quantitative estimate of drug-likeness (QED) is 0.637. The molecule has 4 heteroatoms. The highest BCUT2D eigenvalue weighted by molar-refractivity contribution is 5.04. The minimum atomic E-state index is -2.46. The maximum atomic E-state index is 11.9. The molecule has 0 saturated heterocycles. The molecule has 0 saturated carbocycles. The van der Waals surface area contributed by atoms with Gasteiger partial charge in [-0.05, 0) is 20.3 Å². The summed E-state index contributed by atoms with van der Waals surface area (Å²) in [5.41, 5.74) is 11.4. The molecule has 2 unspecified atom stereocenters. The fraction of sp³-hybridized carbons (Fsp3) is 0.750. The van der Waals surface area contributed by atoms with Crippen LogP contribution in [0.1, 0.15) is 20.3 Å². The van der Waals surface area contributed by atoms with Crippen LogP contribution < -0.4 is 11.5 Å². The van der Waals surface area contributed by atoms with Crippen LogP contribution in [-0.4, -0.2) is 18.5 Å². The van der Waals surface area contributed by atoms with Gasteiger partial charge < -0.3 is 11.5 Å². The van der Waals surface area contributed by atoms with Gasteiger partial charge in [-0.3, -0.25) is 0 Å². The minimum absolute atomic E-state index is 0.102. The molecule has 0 rings (SSSR count).